The number of aliphatic hydroxyl groups excluding tert-OH is 1. The Balaban J connectivity index is 2.21. The molecule has 0 aromatic rings. The summed E-state index contributed by atoms with van der Waals surface area (Å²) in [4.78, 5) is 22.7. The van der Waals surface area contributed by atoms with E-state index in [1.54, 1.807) is 0 Å². The topological polar surface area (TPSA) is 74.6 Å². The fourth-order valence-corrected chi connectivity index (χ4v) is 4.09. The molecular formula is C20H36O4. The van der Waals surface area contributed by atoms with Gasteiger partial charge in [0.25, 0.3) is 0 Å². The van der Waals surface area contributed by atoms with Crippen molar-refractivity contribution in [3.63, 3.8) is 0 Å². The first-order valence-corrected chi connectivity index (χ1v) is 9.89. The Hall–Kier alpha value is -0.900. The number of hydrogen-bond donors (Lipinski definition) is 2. The molecule has 24 heavy (non-hydrogen) atoms. The Morgan fingerprint density at radius 2 is 1.88 bits per heavy atom. The molecule has 2 N–H and O–H groups in total. The van der Waals surface area contributed by atoms with Crippen molar-refractivity contribution in [2.45, 2.75) is 97.0 Å². The van der Waals surface area contributed by atoms with Gasteiger partial charge >= 0.3 is 5.97 Å². The number of carbonyl (C=O) groups is 2. The van der Waals surface area contributed by atoms with Gasteiger partial charge in [0.15, 0.2) is 6.10 Å². The highest BCUT2D eigenvalue weighted by Gasteiger charge is 2.33. The monoisotopic (exact) mass is 340 g/mol. The maximum atomic E-state index is 12.1. The van der Waals surface area contributed by atoms with E-state index in [-0.39, 0.29) is 5.92 Å². The fraction of sp³-hybridized carbons (Fsp3) is 0.900. The van der Waals surface area contributed by atoms with E-state index in [1.807, 2.05) is 0 Å². The summed E-state index contributed by atoms with van der Waals surface area (Å²) < 4.78 is 0. The molecule has 1 aliphatic rings. The summed E-state index contributed by atoms with van der Waals surface area (Å²) in [5, 5.41) is 17.9. The molecule has 4 heteroatoms. The SMILES string of the molecule is CCCC(C)CCC[C@H]1CCC(=O)[C@@H]1CCCCCC(O)C(=O)O. The Kier molecular flexibility index (Phi) is 10.2. The second-order valence-electron chi connectivity index (χ2n) is 7.69. The molecule has 0 heterocycles. The van der Waals surface area contributed by atoms with Gasteiger partial charge in [0.2, 0.25) is 0 Å². The molecule has 2 unspecified atom stereocenters. The van der Waals surface area contributed by atoms with Crippen LogP contribution in [0.25, 0.3) is 0 Å². The van der Waals surface area contributed by atoms with Crippen LogP contribution >= 0.6 is 0 Å². The summed E-state index contributed by atoms with van der Waals surface area (Å²) in [5.74, 6) is 0.892. The van der Waals surface area contributed by atoms with Gasteiger partial charge in [0, 0.05) is 12.3 Å². The molecule has 4 nitrogen and oxygen atoms in total. The van der Waals surface area contributed by atoms with Crippen LogP contribution in [-0.2, 0) is 9.59 Å². The van der Waals surface area contributed by atoms with Gasteiger partial charge in [-0.2, -0.15) is 0 Å². The summed E-state index contributed by atoms with van der Waals surface area (Å²) in [5.41, 5.74) is 0. The van der Waals surface area contributed by atoms with Crippen molar-refractivity contribution in [1.82, 2.24) is 0 Å². The minimum atomic E-state index is -1.24. The van der Waals surface area contributed by atoms with Crippen molar-refractivity contribution in [3.8, 4) is 0 Å². The highest BCUT2D eigenvalue weighted by Crippen LogP contribution is 2.36. The zero-order valence-corrected chi connectivity index (χ0v) is 15.5. The van der Waals surface area contributed by atoms with E-state index in [9.17, 15) is 14.7 Å². The third-order valence-electron chi connectivity index (χ3n) is 5.58. The standard InChI is InChI=1S/C20H36O4/c1-3-8-15(2)9-7-10-16-13-14-18(21)17(16)11-5-4-6-12-19(22)20(23)24/h15-17,19,22H,3-14H2,1-2H3,(H,23,24)/t15?,16-,17+,19?/m0/s1. The van der Waals surface area contributed by atoms with Crippen LogP contribution in [0.4, 0.5) is 0 Å². The number of aliphatic carboxylic acids is 1. The van der Waals surface area contributed by atoms with E-state index >= 15 is 0 Å². The van der Waals surface area contributed by atoms with Gasteiger partial charge in [-0.3, -0.25) is 4.79 Å². The molecule has 0 saturated heterocycles. The quantitative estimate of drug-likeness (QED) is 0.481. The molecule has 1 fully saturated rings. The molecule has 140 valence electrons. The highest BCUT2D eigenvalue weighted by atomic mass is 16.4. The van der Waals surface area contributed by atoms with Gasteiger partial charge in [-0.05, 0) is 37.5 Å². The molecule has 1 aliphatic carbocycles. The van der Waals surface area contributed by atoms with Crippen molar-refractivity contribution in [1.29, 1.82) is 0 Å². The highest BCUT2D eigenvalue weighted by molar-refractivity contribution is 5.83. The number of aliphatic hydroxyl groups is 1. The van der Waals surface area contributed by atoms with E-state index in [1.165, 1.54) is 32.1 Å². The van der Waals surface area contributed by atoms with Crippen molar-refractivity contribution < 1.29 is 19.8 Å². The van der Waals surface area contributed by atoms with Crippen LogP contribution in [0, 0.1) is 17.8 Å². The first-order valence-electron chi connectivity index (χ1n) is 9.89. The van der Waals surface area contributed by atoms with E-state index < -0.39 is 12.1 Å². The summed E-state index contributed by atoms with van der Waals surface area (Å²) in [6.45, 7) is 4.56. The summed E-state index contributed by atoms with van der Waals surface area (Å²) >= 11 is 0. The van der Waals surface area contributed by atoms with E-state index in [4.69, 9.17) is 5.11 Å². The predicted octanol–water partition coefficient (Wildman–Crippen LogP) is 4.58. The average Bonchev–Trinajstić information content (AvgIpc) is 2.87. The Morgan fingerprint density at radius 1 is 1.12 bits per heavy atom. The third-order valence-corrected chi connectivity index (χ3v) is 5.58. The third kappa shape index (κ3) is 7.78. The van der Waals surface area contributed by atoms with Gasteiger partial charge in [-0.25, -0.2) is 4.79 Å². The van der Waals surface area contributed by atoms with Crippen LogP contribution in [0.15, 0.2) is 0 Å². The zero-order chi connectivity index (χ0) is 17.9. The molecule has 0 radical (unpaired) electrons. The maximum absolute atomic E-state index is 12.1. The first kappa shape index (κ1) is 21.1. The number of carbonyl (C=O) groups excluding carboxylic acids is 1. The lowest BCUT2D eigenvalue weighted by molar-refractivity contribution is -0.146. The van der Waals surface area contributed by atoms with Crippen LogP contribution in [0.1, 0.15) is 90.9 Å². The molecule has 0 aromatic carbocycles. The van der Waals surface area contributed by atoms with Crippen LogP contribution in [-0.4, -0.2) is 28.1 Å². The molecule has 4 atom stereocenters. The molecule has 0 aromatic heterocycles. The van der Waals surface area contributed by atoms with Gasteiger partial charge in [0.1, 0.15) is 5.78 Å². The van der Waals surface area contributed by atoms with E-state index in [2.05, 4.69) is 13.8 Å². The van der Waals surface area contributed by atoms with Gasteiger partial charge < -0.3 is 10.2 Å². The van der Waals surface area contributed by atoms with E-state index in [0.717, 1.165) is 38.0 Å². The molecule has 0 aliphatic heterocycles. The van der Waals surface area contributed by atoms with Crippen LogP contribution in [0.2, 0.25) is 0 Å². The lowest BCUT2D eigenvalue weighted by Crippen LogP contribution is -2.19. The lowest BCUT2D eigenvalue weighted by Gasteiger charge is -2.19. The number of Topliss-reactive ketones (excluding diaryl/α,β-unsaturated/α-hetero) is 1. The smallest absolute Gasteiger partial charge is 0.332 e. The first-order chi connectivity index (χ1) is 11.5. The summed E-state index contributed by atoms with van der Waals surface area (Å²) in [6, 6.07) is 0. The summed E-state index contributed by atoms with van der Waals surface area (Å²) in [7, 11) is 0. The molecule has 0 spiro atoms. The van der Waals surface area contributed by atoms with Crippen molar-refractivity contribution in [2.75, 3.05) is 0 Å². The minimum absolute atomic E-state index is 0.232. The lowest BCUT2D eigenvalue weighted by atomic mass is 9.85. The molecule has 0 bridgehead atoms. The second kappa shape index (κ2) is 11.6. The van der Waals surface area contributed by atoms with Crippen molar-refractivity contribution in [2.24, 2.45) is 17.8 Å². The van der Waals surface area contributed by atoms with E-state index in [0.29, 0.717) is 24.5 Å². The van der Waals surface area contributed by atoms with Crippen LogP contribution < -0.4 is 0 Å². The van der Waals surface area contributed by atoms with Gasteiger partial charge in [-0.1, -0.05) is 58.8 Å². The molecule has 1 rings (SSSR count). The number of unbranched alkanes of at least 4 members (excludes halogenated alkanes) is 2. The molecular weight excluding hydrogens is 304 g/mol. The normalized spacial score (nSPS) is 23.4. The second-order valence-corrected chi connectivity index (χ2v) is 7.69. The van der Waals surface area contributed by atoms with Crippen molar-refractivity contribution >= 4 is 11.8 Å². The fourth-order valence-electron chi connectivity index (χ4n) is 4.09. The maximum Gasteiger partial charge on any atom is 0.332 e. The summed E-state index contributed by atoms with van der Waals surface area (Å²) in [6.07, 6.45) is 10.6. The van der Waals surface area contributed by atoms with Gasteiger partial charge in [-0.15, -0.1) is 0 Å². The number of rotatable bonds is 13. The van der Waals surface area contributed by atoms with Gasteiger partial charge in [0.05, 0.1) is 0 Å². The molecule has 0 amide bonds. The predicted molar refractivity (Wildman–Crippen MR) is 95.9 cm³/mol. The largest absolute Gasteiger partial charge is 0.479 e. The number of ketones is 1. The Morgan fingerprint density at radius 3 is 2.54 bits per heavy atom. The zero-order valence-electron chi connectivity index (χ0n) is 15.5. The Bertz CT molecular complexity index is 380. The van der Waals surface area contributed by atoms with Crippen LogP contribution in [0.5, 0.6) is 0 Å². The minimum Gasteiger partial charge on any atom is -0.479 e. The number of hydrogen-bond acceptors (Lipinski definition) is 3. The number of carboxylic acid groups (broad SMARTS) is 1. The van der Waals surface area contributed by atoms with Crippen LogP contribution in [0.3, 0.4) is 0 Å². The van der Waals surface area contributed by atoms with Crippen molar-refractivity contribution in [3.05, 3.63) is 0 Å². The number of carboxylic acids is 1. The molecule has 1 saturated carbocycles. The Labute approximate surface area is 147 Å². The average molecular weight is 341 g/mol.